The van der Waals surface area contributed by atoms with Gasteiger partial charge in [0.1, 0.15) is 0 Å². The molecule has 1 saturated heterocycles. The second-order valence-electron chi connectivity index (χ2n) is 6.90. The Balaban J connectivity index is 0.00000180. The highest BCUT2D eigenvalue weighted by molar-refractivity contribution is 5.85. The first kappa shape index (κ1) is 16.8. The van der Waals surface area contributed by atoms with E-state index >= 15 is 0 Å². The first-order valence-electron chi connectivity index (χ1n) is 7.55. The Morgan fingerprint density at radius 2 is 1.95 bits per heavy atom. The summed E-state index contributed by atoms with van der Waals surface area (Å²) in [5, 5.41) is 6.58. The number of hydrogen-bond donors (Lipinski definition) is 2. The van der Waals surface area contributed by atoms with Crippen LogP contribution in [0.2, 0.25) is 0 Å². The van der Waals surface area contributed by atoms with Gasteiger partial charge in [0.2, 0.25) is 5.91 Å². The van der Waals surface area contributed by atoms with Crippen LogP contribution in [0.15, 0.2) is 0 Å². The molecule has 1 saturated carbocycles. The Morgan fingerprint density at radius 1 is 1.26 bits per heavy atom. The Morgan fingerprint density at radius 3 is 2.53 bits per heavy atom. The molecule has 2 rings (SSSR count). The van der Waals surface area contributed by atoms with Gasteiger partial charge < -0.3 is 10.6 Å². The van der Waals surface area contributed by atoms with Gasteiger partial charge in [-0.15, -0.1) is 12.4 Å². The molecule has 2 fully saturated rings. The molecule has 4 heteroatoms. The smallest absolute Gasteiger partial charge is 0.220 e. The molecule has 2 aliphatic rings. The molecule has 0 bridgehead atoms. The highest BCUT2D eigenvalue weighted by Crippen LogP contribution is 2.35. The molecule has 0 aromatic carbocycles. The summed E-state index contributed by atoms with van der Waals surface area (Å²) in [6.45, 7) is 6.89. The summed E-state index contributed by atoms with van der Waals surface area (Å²) in [5.41, 5.74) is 0.483. The van der Waals surface area contributed by atoms with Crippen LogP contribution in [0.3, 0.4) is 0 Å². The minimum Gasteiger partial charge on any atom is -0.353 e. The summed E-state index contributed by atoms with van der Waals surface area (Å²) in [5.74, 6) is 0.993. The fourth-order valence-electron chi connectivity index (χ4n) is 3.14. The quantitative estimate of drug-likeness (QED) is 0.835. The molecule has 1 aliphatic carbocycles. The molecule has 0 radical (unpaired) electrons. The Labute approximate surface area is 123 Å². The second-order valence-corrected chi connectivity index (χ2v) is 6.90. The molecule has 0 aromatic heterocycles. The van der Waals surface area contributed by atoms with Gasteiger partial charge >= 0.3 is 0 Å². The van der Waals surface area contributed by atoms with Crippen LogP contribution in [0.4, 0.5) is 0 Å². The lowest BCUT2D eigenvalue weighted by atomic mass is 9.75. The summed E-state index contributed by atoms with van der Waals surface area (Å²) < 4.78 is 0. The minimum atomic E-state index is 0. The van der Waals surface area contributed by atoms with E-state index in [1.807, 2.05) is 0 Å². The van der Waals surface area contributed by atoms with Crippen molar-refractivity contribution in [1.82, 2.24) is 10.6 Å². The summed E-state index contributed by atoms with van der Waals surface area (Å²) in [6.07, 6.45) is 7.80. The Kier molecular flexibility index (Phi) is 6.61. The largest absolute Gasteiger partial charge is 0.353 e. The molecule has 1 unspecified atom stereocenters. The third-order valence-electron chi connectivity index (χ3n) is 4.65. The molecule has 1 amide bonds. The van der Waals surface area contributed by atoms with Gasteiger partial charge in [-0.3, -0.25) is 4.79 Å². The van der Waals surface area contributed by atoms with Crippen molar-refractivity contribution in [2.45, 2.75) is 64.8 Å². The molecule has 112 valence electrons. The van der Waals surface area contributed by atoms with Crippen molar-refractivity contribution in [3.63, 3.8) is 0 Å². The summed E-state index contributed by atoms with van der Waals surface area (Å²) >= 11 is 0. The lowest BCUT2D eigenvalue weighted by molar-refractivity contribution is -0.122. The molecule has 0 spiro atoms. The Hall–Kier alpha value is -0.280. The molecule has 1 atom stereocenters. The monoisotopic (exact) mass is 288 g/mol. The highest BCUT2D eigenvalue weighted by Gasteiger charge is 2.27. The van der Waals surface area contributed by atoms with Gasteiger partial charge in [0, 0.05) is 12.5 Å². The SMILES string of the molecule is CC1(C)CCC(NC(=O)CCC2CCNC2)CC1.Cl. The minimum absolute atomic E-state index is 0. The number of hydrogen-bond acceptors (Lipinski definition) is 2. The average Bonchev–Trinajstić information content (AvgIpc) is 2.82. The van der Waals surface area contributed by atoms with E-state index in [1.165, 1.54) is 19.3 Å². The van der Waals surface area contributed by atoms with Crippen LogP contribution < -0.4 is 10.6 Å². The zero-order valence-corrected chi connectivity index (χ0v) is 13.2. The zero-order valence-electron chi connectivity index (χ0n) is 12.3. The molecule has 3 nitrogen and oxygen atoms in total. The molecule has 0 aromatic rings. The fourth-order valence-corrected chi connectivity index (χ4v) is 3.14. The van der Waals surface area contributed by atoms with Gasteiger partial charge in [0.25, 0.3) is 0 Å². The van der Waals surface area contributed by atoms with Crippen LogP contribution >= 0.6 is 12.4 Å². The molecule has 1 aliphatic heterocycles. The zero-order chi connectivity index (χ0) is 13.0. The van der Waals surface area contributed by atoms with Gasteiger partial charge in [-0.1, -0.05) is 13.8 Å². The molecule has 2 N–H and O–H groups in total. The first-order chi connectivity index (χ1) is 8.55. The lowest BCUT2D eigenvalue weighted by Gasteiger charge is -2.34. The molecule has 19 heavy (non-hydrogen) atoms. The summed E-state index contributed by atoms with van der Waals surface area (Å²) in [6, 6.07) is 0.437. The maximum atomic E-state index is 11.9. The summed E-state index contributed by atoms with van der Waals surface area (Å²) in [4.78, 5) is 11.9. The number of carbonyl (C=O) groups is 1. The summed E-state index contributed by atoms with van der Waals surface area (Å²) in [7, 11) is 0. The van der Waals surface area contributed by atoms with Gasteiger partial charge in [-0.2, -0.15) is 0 Å². The van der Waals surface area contributed by atoms with E-state index in [2.05, 4.69) is 24.5 Å². The van der Waals surface area contributed by atoms with Crippen molar-refractivity contribution in [2.75, 3.05) is 13.1 Å². The molecular formula is C15H29ClN2O. The van der Waals surface area contributed by atoms with E-state index in [4.69, 9.17) is 0 Å². The number of rotatable bonds is 4. The highest BCUT2D eigenvalue weighted by atomic mass is 35.5. The van der Waals surface area contributed by atoms with E-state index in [0.717, 1.165) is 38.3 Å². The number of carbonyl (C=O) groups excluding carboxylic acids is 1. The van der Waals surface area contributed by atoms with Crippen LogP contribution in [0.25, 0.3) is 0 Å². The Bertz CT molecular complexity index is 278. The number of halogens is 1. The van der Waals surface area contributed by atoms with Gasteiger partial charge in [-0.05, 0) is 62.9 Å². The van der Waals surface area contributed by atoms with Gasteiger partial charge in [0.15, 0.2) is 0 Å². The van der Waals surface area contributed by atoms with Crippen LogP contribution in [0.1, 0.15) is 58.8 Å². The third kappa shape index (κ3) is 5.70. The van der Waals surface area contributed by atoms with E-state index < -0.39 is 0 Å². The third-order valence-corrected chi connectivity index (χ3v) is 4.65. The standard InChI is InChI=1S/C15H28N2O.ClH/c1-15(2)8-5-13(6-9-15)17-14(18)4-3-12-7-10-16-11-12;/h12-13,16H,3-11H2,1-2H3,(H,17,18);1H. The van der Waals surface area contributed by atoms with E-state index in [-0.39, 0.29) is 18.3 Å². The number of nitrogens with one attached hydrogen (secondary N) is 2. The van der Waals surface area contributed by atoms with Crippen molar-refractivity contribution >= 4 is 18.3 Å². The van der Waals surface area contributed by atoms with Crippen molar-refractivity contribution in [3.05, 3.63) is 0 Å². The van der Waals surface area contributed by atoms with Crippen LogP contribution in [0.5, 0.6) is 0 Å². The van der Waals surface area contributed by atoms with E-state index in [0.29, 0.717) is 17.9 Å². The molecular weight excluding hydrogens is 260 g/mol. The fraction of sp³-hybridized carbons (Fsp3) is 0.933. The average molecular weight is 289 g/mol. The predicted molar refractivity (Wildman–Crippen MR) is 81.6 cm³/mol. The maximum absolute atomic E-state index is 11.9. The normalized spacial score (nSPS) is 26.7. The van der Waals surface area contributed by atoms with Crippen LogP contribution in [-0.4, -0.2) is 25.0 Å². The number of amides is 1. The van der Waals surface area contributed by atoms with E-state index in [9.17, 15) is 4.79 Å². The predicted octanol–water partition coefficient (Wildman–Crippen LogP) is 2.88. The van der Waals surface area contributed by atoms with Crippen molar-refractivity contribution < 1.29 is 4.79 Å². The van der Waals surface area contributed by atoms with Crippen molar-refractivity contribution in [1.29, 1.82) is 0 Å². The van der Waals surface area contributed by atoms with Crippen LogP contribution in [-0.2, 0) is 4.79 Å². The second kappa shape index (κ2) is 7.49. The molecule has 1 heterocycles. The van der Waals surface area contributed by atoms with Gasteiger partial charge in [0.05, 0.1) is 0 Å². The lowest BCUT2D eigenvalue weighted by Crippen LogP contribution is -2.39. The topological polar surface area (TPSA) is 41.1 Å². The van der Waals surface area contributed by atoms with Gasteiger partial charge in [-0.25, -0.2) is 0 Å². The van der Waals surface area contributed by atoms with Crippen LogP contribution in [0, 0.1) is 11.3 Å². The maximum Gasteiger partial charge on any atom is 0.220 e. The van der Waals surface area contributed by atoms with E-state index in [1.54, 1.807) is 0 Å². The first-order valence-corrected chi connectivity index (χ1v) is 7.55. The van der Waals surface area contributed by atoms with Crippen molar-refractivity contribution in [2.24, 2.45) is 11.3 Å². The van der Waals surface area contributed by atoms with Crippen molar-refractivity contribution in [3.8, 4) is 0 Å².